The minimum absolute atomic E-state index is 0.111. The minimum Gasteiger partial charge on any atom is -0.376 e. The van der Waals surface area contributed by atoms with E-state index in [1.807, 2.05) is 6.92 Å². The highest BCUT2D eigenvalue weighted by molar-refractivity contribution is 6.31. The van der Waals surface area contributed by atoms with Crippen molar-refractivity contribution in [2.24, 2.45) is 0 Å². The Bertz CT molecular complexity index is 360. The second-order valence-corrected chi connectivity index (χ2v) is 4.36. The van der Waals surface area contributed by atoms with Crippen molar-refractivity contribution in [3.8, 4) is 0 Å². The average Bonchev–Trinajstić information content (AvgIpc) is 2.51. The van der Waals surface area contributed by atoms with Gasteiger partial charge in [0, 0.05) is 19.0 Å². The van der Waals surface area contributed by atoms with Crippen molar-refractivity contribution in [1.29, 1.82) is 0 Å². The van der Waals surface area contributed by atoms with Gasteiger partial charge in [0.15, 0.2) is 11.0 Å². The van der Waals surface area contributed by atoms with Crippen LogP contribution in [0.5, 0.6) is 0 Å². The molecule has 0 aliphatic carbocycles. The third-order valence-corrected chi connectivity index (χ3v) is 3.22. The molecule has 1 aromatic rings. The molecule has 2 heterocycles. The lowest BCUT2D eigenvalue weighted by Gasteiger charge is -2.29. The Morgan fingerprint density at radius 1 is 1.53 bits per heavy atom. The predicted octanol–water partition coefficient (Wildman–Crippen LogP) is 2.11. The Balaban J connectivity index is 2.18. The van der Waals surface area contributed by atoms with Crippen molar-refractivity contribution in [3.63, 3.8) is 0 Å². The Hall–Kier alpha value is -0.870. The van der Waals surface area contributed by atoms with Crippen LogP contribution in [0.3, 0.4) is 0 Å². The molecule has 1 saturated heterocycles. The highest BCUT2D eigenvalue weighted by Crippen LogP contribution is 2.30. The van der Waals surface area contributed by atoms with Gasteiger partial charge in [-0.2, -0.15) is 0 Å². The molecule has 2 rings (SSSR count). The van der Waals surface area contributed by atoms with Gasteiger partial charge in [-0.3, -0.25) is 0 Å². The second kappa shape index (κ2) is 3.94. The van der Waals surface area contributed by atoms with Gasteiger partial charge in [0.05, 0.1) is 11.6 Å². The molecule has 2 atom stereocenters. The van der Waals surface area contributed by atoms with E-state index in [1.54, 1.807) is 12.4 Å². The fourth-order valence-corrected chi connectivity index (χ4v) is 1.83. The lowest BCUT2D eigenvalue weighted by Crippen LogP contribution is -2.41. The first kappa shape index (κ1) is 10.6. The molecule has 0 saturated carbocycles. The number of ether oxygens (including phenoxy) is 1. The smallest absolute Gasteiger partial charge is 0.171 e. The predicted molar refractivity (Wildman–Crippen MR) is 59.1 cm³/mol. The van der Waals surface area contributed by atoms with Gasteiger partial charge in [0.25, 0.3) is 0 Å². The number of hydrogen-bond donors (Lipinski definition) is 1. The van der Waals surface area contributed by atoms with Gasteiger partial charge < -0.3 is 10.1 Å². The van der Waals surface area contributed by atoms with E-state index in [4.69, 9.17) is 16.3 Å². The van der Waals surface area contributed by atoms with Crippen LogP contribution >= 0.6 is 11.6 Å². The van der Waals surface area contributed by atoms with Crippen molar-refractivity contribution in [3.05, 3.63) is 17.5 Å². The number of nitrogens with one attached hydrogen (secondary N) is 1. The van der Waals surface area contributed by atoms with E-state index in [1.165, 1.54) is 0 Å². The lowest BCUT2D eigenvalue weighted by atomic mass is 9.95. The fraction of sp³-hybridized carbons (Fsp3) is 0.600. The van der Waals surface area contributed by atoms with E-state index in [0.29, 0.717) is 11.0 Å². The van der Waals surface area contributed by atoms with Crippen molar-refractivity contribution in [2.45, 2.75) is 31.9 Å². The monoisotopic (exact) mass is 227 g/mol. The van der Waals surface area contributed by atoms with Crippen molar-refractivity contribution in [1.82, 2.24) is 9.97 Å². The third kappa shape index (κ3) is 2.06. The Morgan fingerprint density at radius 3 is 2.87 bits per heavy atom. The molecule has 1 fully saturated rings. The number of anilines is 1. The molecular weight excluding hydrogens is 214 g/mol. The van der Waals surface area contributed by atoms with Crippen molar-refractivity contribution in [2.75, 3.05) is 11.9 Å². The van der Waals surface area contributed by atoms with Crippen LogP contribution in [-0.2, 0) is 4.74 Å². The first-order chi connectivity index (χ1) is 7.12. The molecule has 2 unspecified atom stereocenters. The summed E-state index contributed by atoms with van der Waals surface area (Å²) in [4.78, 5) is 8.14. The normalized spacial score (nSPS) is 30.5. The molecule has 0 aromatic carbocycles. The largest absolute Gasteiger partial charge is 0.376 e. The molecule has 1 aliphatic rings. The first-order valence-corrected chi connectivity index (χ1v) is 5.36. The van der Waals surface area contributed by atoms with E-state index >= 15 is 0 Å². The van der Waals surface area contributed by atoms with Gasteiger partial charge in [-0.25, -0.2) is 9.97 Å². The standard InChI is InChI=1S/C10H14ClN3O/c1-7-10(2,3-6-15-7)14-9-8(11)12-4-5-13-9/h4-5,7H,3,6H2,1-2H3,(H,13,14). The van der Waals surface area contributed by atoms with Crippen LogP contribution in [0.1, 0.15) is 20.3 Å². The first-order valence-electron chi connectivity index (χ1n) is 4.98. The van der Waals surface area contributed by atoms with E-state index in [-0.39, 0.29) is 11.6 Å². The molecule has 15 heavy (non-hydrogen) atoms. The summed E-state index contributed by atoms with van der Waals surface area (Å²) in [7, 11) is 0. The Morgan fingerprint density at radius 2 is 2.27 bits per heavy atom. The van der Waals surface area contributed by atoms with Gasteiger partial charge >= 0.3 is 0 Å². The molecule has 0 radical (unpaired) electrons. The van der Waals surface area contributed by atoms with E-state index < -0.39 is 0 Å². The highest BCUT2D eigenvalue weighted by Gasteiger charge is 2.37. The summed E-state index contributed by atoms with van der Waals surface area (Å²) in [6.45, 7) is 4.92. The van der Waals surface area contributed by atoms with E-state index in [0.717, 1.165) is 13.0 Å². The van der Waals surface area contributed by atoms with Gasteiger partial charge in [-0.05, 0) is 20.3 Å². The summed E-state index contributed by atoms with van der Waals surface area (Å²) in [6.07, 6.45) is 4.29. The molecule has 0 amide bonds. The number of rotatable bonds is 2. The maximum atomic E-state index is 5.94. The fourth-order valence-electron chi connectivity index (χ4n) is 1.67. The average molecular weight is 228 g/mol. The maximum absolute atomic E-state index is 5.94. The van der Waals surface area contributed by atoms with Gasteiger partial charge in [-0.1, -0.05) is 11.6 Å². The molecule has 1 N–H and O–H groups in total. The zero-order valence-corrected chi connectivity index (χ0v) is 9.58. The topological polar surface area (TPSA) is 47.0 Å². The van der Waals surface area contributed by atoms with Gasteiger partial charge in [-0.15, -0.1) is 0 Å². The van der Waals surface area contributed by atoms with Crippen LogP contribution in [0.25, 0.3) is 0 Å². The summed E-state index contributed by atoms with van der Waals surface area (Å²) in [5.74, 6) is 0.624. The van der Waals surface area contributed by atoms with E-state index in [9.17, 15) is 0 Å². The van der Waals surface area contributed by atoms with Crippen molar-refractivity contribution >= 4 is 17.4 Å². The van der Waals surface area contributed by atoms with Crippen LogP contribution in [0.2, 0.25) is 5.15 Å². The number of halogens is 1. The molecular formula is C10H14ClN3O. The number of nitrogens with zero attached hydrogens (tertiary/aromatic N) is 2. The zero-order chi connectivity index (χ0) is 10.9. The molecule has 1 aliphatic heterocycles. The van der Waals surface area contributed by atoms with Crippen LogP contribution < -0.4 is 5.32 Å². The molecule has 0 bridgehead atoms. The Labute approximate surface area is 94.0 Å². The van der Waals surface area contributed by atoms with Crippen LogP contribution in [0, 0.1) is 0 Å². The zero-order valence-electron chi connectivity index (χ0n) is 8.83. The van der Waals surface area contributed by atoms with Gasteiger partial charge in [0.2, 0.25) is 0 Å². The second-order valence-electron chi connectivity index (χ2n) is 4.00. The van der Waals surface area contributed by atoms with Crippen molar-refractivity contribution < 1.29 is 4.74 Å². The number of aromatic nitrogens is 2. The summed E-state index contributed by atoms with van der Waals surface area (Å²) < 4.78 is 5.53. The highest BCUT2D eigenvalue weighted by atomic mass is 35.5. The molecule has 1 aromatic heterocycles. The quantitative estimate of drug-likeness (QED) is 0.841. The Kier molecular flexibility index (Phi) is 2.80. The van der Waals surface area contributed by atoms with Crippen LogP contribution in [0.4, 0.5) is 5.82 Å². The SMILES string of the molecule is CC1OCCC1(C)Nc1nccnc1Cl. The molecule has 5 heteroatoms. The van der Waals surface area contributed by atoms with Crippen LogP contribution in [-0.4, -0.2) is 28.2 Å². The molecule has 82 valence electrons. The summed E-state index contributed by atoms with van der Waals surface area (Å²) in [5, 5.41) is 3.71. The summed E-state index contributed by atoms with van der Waals surface area (Å²) in [5.41, 5.74) is -0.111. The molecule has 0 spiro atoms. The third-order valence-electron chi connectivity index (χ3n) is 2.94. The minimum atomic E-state index is -0.111. The maximum Gasteiger partial charge on any atom is 0.171 e. The lowest BCUT2D eigenvalue weighted by molar-refractivity contribution is 0.105. The number of hydrogen-bond acceptors (Lipinski definition) is 4. The van der Waals surface area contributed by atoms with Gasteiger partial charge in [0.1, 0.15) is 0 Å². The van der Waals surface area contributed by atoms with E-state index in [2.05, 4.69) is 22.2 Å². The van der Waals surface area contributed by atoms with Crippen LogP contribution in [0.15, 0.2) is 12.4 Å². The summed E-state index contributed by atoms with van der Waals surface area (Å²) >= 11 is 5.94. The summed E-state index contributed by atoms with van der Waals surface area (Å²) in [6, 6.07) is 0. The molecule has 4 nitrogen and oxygen atoms in total.